The lowest BCUT2D eigenvalue weighted by molar-refractivity contribution is -0.126. The Hall–Kier alpha value is -2.56. The lowest BCUT2D eigenvalue weighted by Crippen LogP contribution is -2.34. The maximum atomic E-state index is 11.9. The normalized spacial score (nSPS) is 11.8. The quantitative estimate of drug-likeness (QED) is 0.735. The maximum Gasteiger partial charge on any atom is 0.220 e. The summed E-state index contributed by atoms with van der Waals surface area (Å²) >= 11 is 0. The molecule has 0 aliphatic rings. The summed E-state index contributed by atoms with van der Waals surface area (Å²) in [5, 5.41) is 5.70. The number of aryl methyl sites for hydroxylation is 2. The molecule has 1 atom stereocenters. The summed E-state index contributed by atoms with van der Waals surface area (Å²) in [6, 6.07) is 14.0. The molecular formula is C20H26N2O3. The Labute approximate surface area is 148 Å². The molecule has 2 aromatic rings. The Balaban J connectivity index is 1.60. The van der Waals surface area contributed by atoms with E-state index in [1.807, 2.05) is 44.2 Å². The summed E-state index contributed by atoms with van der Waals surface area (Å²) < 4.78 is 5.38. The third-order valence-corrected chi connectivity index (χ3v) is 3.95. The molecule has 0 bridgehead atoms. The largest absolute Gasteiger partial charge is 0.465 e. The lowest BCUT2D eigenvalue weighted by Gasteiger charge is -2.14. The lowest BCUT2D eigenvalue weighted by atomic mass is 10.1. The van der Waals surface area contributed by atoms with Gasteiger partial charge in [-0.05, 0) is 44.4 Å². The molecule has 0 unspecified atom stereocenters. The van der Waals surface area contributed by atoms with E-state index in [0.29, 0.717) is 12.3 Å². The number of nitrogens with one attached hydrogen (secondary N) is 2. The van der Waals surface area contributed by atoms with Crippen LogP contribution in [0.1, 0.15) is 43.3 Å². The Bertz CT molecular complexity index is 679. The van der Waals surface area contributed by atoms with Crippen LogP contribution in [0, 0.1) is 6.92 Å². The molecule has 2 N–H and O–H groups in total. The zero-order chi connectivity index (χ0) is 18.1. The fourth-order valence-corrected chi connectivity index (χ4v) is 2.53. The number of furan rings is 1. The van der Waals surface area contributed by atoms with Crippen molar-refractivity contribution < 1.29 is 14.0 Å². The van der Waals surface area contributed by atoms with Gasteiger partial charge in [-0.1, -0.05) is 30.3 Å². The van der Waals surface area contributed by atoms with Crippen molar-refractivity contribution in [1.82, 2.24) is 10.6 Å². The summed E-state index contributed by atoms with van der Waals surface area (Å²) in [6.45, 7) is 4.19. The molecule has 0 aliphatic carbocycles. The molecule has 5 heteroatoms. The molecule has 1 heterocycles. The van der Waals surface area contributed by atoms with E-state index in [4.69, 9.17) is 4.42 Å². The van der Waals surface area contributed by atoms with Crippen LogP contribution in [0.4, 0.5) is 0 Å². The molecular weight excluding hydrogens is 316 g/mol. The number of rotatable bonds is 9. The van der Waals surface area contributed by atoms with E-state index < -0.39 is 0 Å². The van der Waals surface area contributed by atoms with Gasteiger partial charge in [0.15, 0.2) is 0 Å². The van der Waals surface area contributed by atoms with Gasteiger partial charge in [0.2, 0.25) is 11.8 Å². The second-order valence-corrected chi connectivity index (χ2v) is 6.28. The van der Waals surface area contributed by atoms with E-state index in [9.17, 15) is 9.59 Å². The third-order valence-electron chi connectivity index (χ3n) is 3.95. The van der Waals surface area contributed by atoms with Crippen molar-refractivity contribution in [2.24, 2.45) is 0 Å². The molecule has 5 nitrogen and oxygen atoms in total. The second-order valence-electron chi connectivity index (χ2n) is 6.28. The first-order chi connectivity index (χ1) is 12.0. The van der Waals surface area contributed by atoms with Gasteiger partial charge in [-0.3, -0.25) is 9.59 Å². The number of hydrogen-bond acceptors (Lipinski definition) is 3. The predicted octanol–water partition coefficient (Wildman–Crippen LogP) is 3.12. The number of amides is 2. The highest BCUT2D eigenvalue weighted by Gasteiger charge is 2.10. The highest BCUT2D eigenvalue weighted by atomic mass is 16.3. The van der Waals surface area contributed by atoms with Crippen LogP contribution >= 0.6 is 0 Å². The van der Waals surface area contributed by atoms with Gasteiger partial charge in [0, 0.05) is 18.9 Å². The number of carbonyl (C=O) groups excluding carboxylic acids is 2. The van der Waals surface area contributed by atoms with Gasteiger partial charge in [-0.25, -0.2) is 0 Å². The molecule has 2 rings (SSSR count). The van der Waals surface area contributed by atoms with E-state index in [1.165, 1.54) is 5.56 Å². The van der Waals surface area contributed by atoms with Crippen LogP contribution in [0.2, 0.25) is 0 Å². The van der Waals surface area contributed by atoms with Gasteiger partial charge in [-0.15, -0.1) is 0 Å². The summed E-state index contributed by atoms with van der Waals surface area (Å²) in [5.74, 6) is 1.28. The minimum absolute atomic E-state index is 0.0851. The minimum Gasteiger partial charge on any atom is -0.465 e. The van der Waals surface area contributed by atoms with Crippen molar-refractivity contribution in [3.05, 3.63) is 59.5 Å². The average Bonchev–Trinajstić information content (AvgIpc) is 3.02. The van der Waals surface area contributed by atoms with E-state index in [0.717, 1.165) is 18.6 Å². The molecule has 0 saturated heterocycles. The van der Waals surface area contributed by atoms with Crippen molar-refractivity contribution in [3.8, 4) is 0 Å². The van der Waals surface area contributed by atoms with Crippen molar-refractivity contribution >= 4 is 11.8 Å². The van der Waals surface area contributed by atoms with E-state index >= 15 is 0 Å². The zero-order valence-corrected chi connectivity index (χ0v) is 14.9. The molecule has 0 aliphatic heterocycles. The highest BCUT2D eigenvalue weighted by Crippen LogP contribution is 2.06. The number of carbonyl (C=O) groups is 2. The maximum absolute atomic E-state index is 11.9. The first-order valence-electron chi connectivity index (χ1n) is 8.68. The van der Waals surface area contributed by atoms with Gasteiger partial charge in [0.25, 0.3) is 0 Å². The topological polar surface area (TPSA) is 71.3 Å². The molecule has 1 aromatic heterocycles. The Morgan fingerprint density at radius 3 is 2.44 bits per heavy atom. The molecule has 0 saturated carbocycles. The first-order valence-corrected chi connectivity index (χ1v) is 8.68. The molecule has 134 valence electrons. The van der Waals surface area contributed by atoms with Gasteiger partial charge < -0.3 is 15.1 Å². The first kappa shape index (κ1) is 18.8. The van der Waals surface area contributed by atoms with Crippen molar-refractivity contribution in [3.63, 3.8) is 0 Å². The summed E-state index contributed by atoms with van der Waals surface area (Å²) in [6.07, 6.45) is 2.17. The van der Waals surface area contributed by atoms with Gasteiger partial charge in [0.1, 0.15) is 11.5 Å². The zero-order valence-electron chi connectivity index (χ0n) is 14.9. The molecule has 0 radical (unpaired) electrons. The minimum atomic E-state index is -0.152. The fourth-order valence-electron chi connectivity index (χ4n) is 2.53. The average molecular weight is 342 g/mol. The second kappa shape index (κ2) is 9.67. The van der Waals surface area contributed by atoms with Gasteiger partial charge >= 0.3 is 0 Å². The summed E-state index contributed by atoms with van der Waals surface area (Å²) in [5.41, 5.74) is 1.26. The molecule has 2 amide bonds. The predicted molar refractivity (Wildman–Crippen MR) is 96.9 cm³/mol. The van der Waals surface area contributed by atoms with E-state index in [1.54, 1.807) is 0 Å². The van der Waals surface area contributed by atoms with Crippen LogP contribution in [0.3, 0.4) is 0 Å². The summed E-state index contributed by atoms with van der Waals surface area (Å²) in [4.78, 5) is 23.7. The third kappa shape index (κ3) is 7.25. The fraction of sp³-hybridized carbons (Fsp3) is 0.400. The van der Waals surface area contributed by atoms with Gasteiger partial charge in [0.05, 0.1) is 6.54 Å². The van der Waals surface area contributed by atoms with Crippen molar-refractivity contribution in [2.75, 3.05) is 0 Å². The Morgan fingerprint density at radius 1 is 1.04 bits per heavy atom. The summed E-state index contributed by atoms with van der Waals surface area (Å²) in [7, 11) is 0. The van der Waals surface area contributed by atoms with E-state index in [2.05, 4.69) is 22.8 Å². The van der Waals surface area contributed by atoms with Crippen LogP contribution in [0.5, 0.6) is 0 Å². The number of benzene rings is 1. The van der Waals surface area contributed by atoms with Crippen LogP contribution in [-0.4, -0.2) is 17.9 Å². The van der Waals surface area contributed by atoms with Crippen LogP contribution in [0.25, 0.3) is 0 Å². The van der Waals surface area contributed by atoms with Gasteiger partial charge in [-0.2, -0.15) is 0 Å². The molecule has 0 spiro atoms. The molecule has 25 heavy (non-hydrogen) atoms. The van der Waals surface area contributed by atoms with E-state index in [-0.39, 0.29) is 30.7 Å². The molecule has 0 fully saturated rings. The van der Waals surface area contributed by atoms with Crippen molar-refractivity contribution in [2.45, 2.75) is 52.1 Å². The van der Waals surface area contributed by atoms with Crippen LogP contribution < -0.4 is 10.6 Å². The smallest absolute Gasteiger partial charge is 0.220 e. The highest BCUT2D eigenvalue weighted by molar-refractivity contribution is 5.83. The van der Waals surface area contributed by atoms with Crippen LogP contribution in [0.15, 0.2) is 46.9 Å². The Kier molecular flexibility index (Phi) is 7.26. The van der Waals surface area contributed by atoms with Crippen molar-refractivity contribution in [1.29, 1.82) is 0 Å². The SMILES string of the molecule is Cc1ccc(CNC(=O)CCC(=O)N[C@@H](C)CCc2ccccc2)o1. The van der Waals surface area contributed by atoms with Crippen LogP contribution in [-0.2, 0) is 22.6 Å². The number of hydrogen-bond donors (Lipinski definition) is 2. The molecule has 1 aromatic carbocycles. The monoisotopic (exact) mass is 342 g/mol. The standard InChI is InChI=1S/C20H26N2O3/c1-15(8-10-17-6-4-3-5-7-17)22-20(24)13-12-19(23)21-14-18-11-9-16(2)25-18/h3-7,9,11,15H,8,10,12-14H2,1-2H3,(H,21,23)(H,22,24)/t15-/m0/s1. The Morgan fingerprint density at radius 2 is 1.76 bits per heavy atom.